The number of likely N-dealkylation sites (tertiary alicyclic amines) is 1. The Morgan fingerprint density at radius 1 is 1.90 bits per heavy atom. The molecule has 1 amide bonds. The van der Waals surface area contributed by atoms with Gasteiger partial charge in [-0.2, -0.15) is 0 Å². The van der Waals surface area contributed by atoms with Crippen LogP contribution in [0.3, 0.4) is 0 Å². The van der Waals surface area contributed by atoms with Crippen LogP contribution in [0, 0.1) is 5.92 Å². The second-order valence-electron chi connectivity index (χ2n) is 2.37. The fourth-order valence-electron chi connectivity index (χ4n) is 1.12. The summed E-state index contributed by atoms with van der Waals surface area (Å²) in [6.07, 6.45) is 2.43. The second-order valence-corrected chi connectivity index (χ2v) is 2.37. The summed E-state index contributed by atoms with van der Waals surface area (Å²) in [6, 6.07) is 0. The molecule has 1 aliphatic rings. The van der Waals surface area contributed by atoms with Crippen LogP contribution in [0.1, 0.15) is 6.42 Å². The SMILES string of the molecule is C=CC1CCN(CO)C1=O. The number of carbonyl (C=O) groups is 1. The molecule has 0 aliphatic carbocycles. The number of hydrogen-bond donors (Lipinski definition) is 1. The van der Waals surface area contributed by atoms with Crippen molar-refractivity contribution >= 4 is 5.91 Å². The van der Waals surface area contributed by atoms with Crippen LogP contribution in [-0.4, -0.2) is 29.2 Å². The first-order chi connectivity index (χ1) is 4.79. The molecule has 3 heteroatoms. The molecule has 1 N–H and O–H groups in total. The summed E-state index contributed by atoms with van der Waals surface area (Å²) in [6.45, 7) is 4.03. The minimum Gasteiger partial charge on any atom is -0.376 e. The molecule has 0 aromatic carbocycles. The molecule has 0 bridgehead atoms. The highest BCUT2D eigenvalue weighted by molar-refractivity contribution is 5.82. The number of aliphatic hydroxyl groups excluding tert-OH is 1. The van der Waals surface area contributed by atoms with Crippen LogP contribution < -0.4 is 0 Å². The van der Waals surface area contributed by atoms with Crippen molar-refractivity contribution in [2.24, 2.45) is 5.92 Å². The zero-order chi connectivity index (χ0) is 7.56. The molecule has 1 unspecified atom stereocenters. The summed E-state index contributed by atoms with van der Waals surface area (Å²) in [5.74, 6) is -0.0651. The maximum absolute atomic E-state index is 11.1. The Morgan fingerprint density at radius 2 is 2.60 bits per heavy atom. The van der Waals surface area contributed by atoms with E-state index in [4.69, 9.17) is 5.11 Å². The largest absolute Gasteiger partial charge is 0.376 e. The summed E-state index contributed by atoms with van der Waals surface area (Å²) in [5, 5.41) is 8.62. The molecule has 1 atom stereocenters. The lowest BCUT2D eigenvalue weighted by Crippen LogP contribution is -2.27. The molecule has 1 rings (SSSR count). The van der Waals surface area contributed by atoms with Gasteiger partial charge >= 0.3 is 0 Å². The monoisotopic (exact) mass is 141 g/mol. The van der Waals surface area contributed by atoms with E-state index in [9.17, 15) is 4.79 Å². The lowest BCUT2D eigenvalue weighted by molar-refractivity contribution is -0.132. The van der Waals surface area contributed by atoms with E-state index in [1.165, 1.54) is 4.90 Å². The Morgan fingerprint density at radius 3 is 2.90 bits per heavy atom. The zero-order valence-corrected chi connectivity index (χ0v) is 5.79. The summed E-state index contributed by atoms with van der Waals surface area (Å²) in [4.78, 5) is 12.5. The summed E-state index contributed by atoms with van der Waals surface area (Å²) in [7, 11) is 0. The number of carbonyl (C=O) groups excluding carboxylic acids is 1. The third kappa shape index (κ3) is 1.04. The second kappa shape index (κ2) is 2.84. The Bertz CT molecular complexity index is 156. The first-order valence-corrected chi connectivity index (χ1v) is 3.31. The van der Waals surface area contributed by atoms with Crippen LogP contribution in [0.2, 0.25) is 0 Å². The van der Waals surface area contributed by atoms with Gasteiger partial charge in [0.25, 0.3) is 0 Å². The van der Waals surface area contributed by atoms with E-state index < -0.39 is 0 Å². The topological polar surface area (TPSA) is 40.5 Å². The van der Waals surface area contributed by atoms with Crippen molar-refractivity contribution in [2.45, 2.75) is 6.42 Å². The van der Waals surface area contributed by atoms with Crippen molar-refractivity contribution in [1.29, 1.82) is 0 Å². The normalized spacial score (nSPS) is 25.5. The van der Waals surface area contributed by atoms with Gasteiger partial charge in [0.15, 0.2) is 0 Å². The smallest absolute Gasteiger partial charge is 0.231 e. The van der Waals surface area contributed by atoms with Crippen LogP contribution in [-0.2, 0) is 4.79 Å². The minimum absolute atomic E-state index is 0.00231. The fourth-order valence-corrected chi connectivity index (χ4v) is 1.12. The van der Waals surface area contributed by atoms with Crippen molar-refractivity contribution < 1.29 is 9.90 Å². The van der Waals surface area contributed by atoms with Crippen LogP contribution >= 0.6 is 0 Å². The summed E-state index contributed by atoms with van der Waals surface area (Å²) < 4.78 is 0. The van der Waals surface area contributed by atoms with Gasteiger partial charge in [0, 0.05) is 6.54 Å². The molecular weight excluding hydrogens is 130 g/mol. The third-order valence-corrected chi connectivity index (χ3v) is 1.79. The average molecular weight is 141 g/mol. The highest BCUT2D eigenvalue weighted by atomic mass is 16.3. The molecule has 1 aliphatic heterocycles. The summed E-state index contributed by atoms with van der Waals surface area (Å²) in [5.41, 5.74) is 0. The van der Waals surface area contributed by atoms with Gasteiger partial charge in [-0.25, -0.2) is 0 Å². The van der Waals surface area contributed by atoms with Crippen LogP contribution in [0.15, 0.2) is 12.7 Å². The Hall–Kier alpha value is -0.830. The maximum Gasteiger partial charge on any atom is 0.231 e. The molecule has 1 heterocycles. The first-order valence-electron chi connectivity index (χ1n) is 3.31. The number of nitrogens with zero attached hydrogens (tertiary/aromatic N) is 1. The van der Waals surface area contributed by atoms with Crippen LogP contribution in [0.5, 0.6) is 0 Å². The Kier molecular flexibility index (Phi) is 2.06. The van der Waals surface area contributed by atoms with Crippen molar-refractivity contribution in [3.8, 4) is 0 Å². The van der Waals surface area contributed by atoms with Crippen molar-refractivity contribution in [2.75, 3.05) is 13.3 Å². The zero-order valence-electron chi connectivity index (χ0n) is 5.79. The molecule has 1 fully saturated rings. The first kappa shape index (κ1) is 7.28. The highest BCUT2D eigenvalue weighted by Crippen LogP contribution is 2.17. The van der Waals surface area contributed by atoms with Gasteiger partial charge in [-0.3, -0.25) is 4.79 Å². The van der Waals surface area contributed by atoms with Crippen molar-refractivity contribution in [1.82, 2.24) is 4.90 Å². The standard InChI is InChI=1S/C7H11NO2/c1-2-6-3-4-8(5-9)7(6)10/h2,6,9H,1,3-5H2. The molecule has 56 valence electrons. The maximum atomic E-state index is 11.1. The predicted molar refractivity (Wildman–Crippen MR) is 37.1 cm³/mol. The van der Waals surface area contributed by atoms with Crippen LogP contribution in [0.4, 0.5) is 0 Å². The quantitative estimate of drug-likeness (QED) is 0.549. The van der Waals surface area contributed by atoms with E-state index in [1.54, 1.807) is 6.08 Å². The highest BCUT2D eigenvalue weighted by Gasteiger charge is 2.27. The molecule has 0 saturated carbocycles. The molecule has 0 aromatic rings. The number of amides is 1. The van der Waals surface area contributed by atoms with Crippen molar-refractivity contribution in [3.63, 3.8) is 0 Å². The van der Waals surface area contributed by atoms with Gasteiger partial charge in [0.2, 0.25) is 5.91 Å². The third-order valence-electron chi connectivity index (χ3n) is 1.79. The molecular formula is C7H11NO2. The fraction of sp³-hybridized carbons (Fsp3) is 0.571. The molecule has 10 heavy (non-hydrogen) atoms. The van der Waals surface area contributed by atoms with Gasteiger partial charge in [-0.1, -0.05) is 6.08 Å². The molecule has 0 spiro atoms. The lowest BCUT2D eigenvalue weighted by atomic mass is 10.1. The predicted octanol–water partition coefficient (Wildman–Crippen LogP) is -0.0293. The van der Waals surface area contributed by atoms with E-state index in [0.717, 1.165) is 6.42 Å². The minimum atomic E-state index is -0.164. The number of hydrogen-bond acceptors (Lipinski definition) is 2. The van der Waals surface area contributed by atoms with E-state index in [2.05, 4.69) is 6.58 Å². The average Bonchev–Trinajstić information content (AvgIpc) is 2.30. The molecule has 0 radical (unpaired) electrons. The summed E-state index contributed by atoms with van der Waals surface area (Å²) >= 11 is 0. The lowest BCUT2D eigenvalue weighted by Gasteiger charge is -2.10. The Balaban J connectivity index is 2.57. The van der Waals surface area contributed by atoms with Crippen LogP contribution in [0.25, 0.3) is 0 Å². The number of aliphatic hydroxyl groups is 1. The van der Waals surface area contributed by atoms with Gasteiger partial charge in [-0.15, -0.1) is 6.58 Å². The number of rotatable bonds is 2. The molecule has 0 aromatic heterocycles. The van der Waals surface area contributed by atoms with E-state index in [-0.39, 0.29) is 18.6 Å². The molecule has 1 saturated heterocycles. The van der Waals surface area contributed by atoms with Gasteiger partial charge in [0.05, 0.1) is 5.92 Å². The van der Waals surface area contributed by atoms with E-state index in [1.807, 2.05) is 0 Å². The molecule has 3 nitrogen and oxygen atoms in total. The van der Waals surface area contributed by atoms with E-state index in [0.29, 0.717) is 6.54 Å². The van der Waals surface area contributed by atoms with Gasteiger partial charge in [-0.05, 0) is 6.42 Å². The van der Waals surface area contributed by atoms with E-state index >= 15 is 0 Å². The Labute approximate surface area is 59.9 Å². The van der Waals surface area contributed by atoms with Crippen molar-refractivity contribution in [3.05, 3.63) is 12.7 Å². The van der Waals surface area contributed by atoms with Gasteiger partial charge in [0.1, 0.15) is 6.73 Å². The van der Waals surface area contributed by atoms with Gasteiger partial charge < -0.3 is 10.0 Å².